The van der Waals surface area contributed by atoms with E-state index in [9.17, 15) is 4.79 Å². The third kappa shape index (κ3) is 4.07. The first-order valence-corrected chi connectivity index (χ1v) is 8.27. The highest BCUT2D eigenvalue weighted by Gasteiger charge is 2.12. The quantitative estimate of drug-likeness (QED) is 0.738. The number of furan rings is 1. The maximum atomic E-state index is 12.4. The minimum Gasteiger partial charge on any atom is -0.467 e. The third-order valence-corrected chi connectivity index (χ3v) is 3.93. The second-order valence-corrected chi connectivity index (χ2v) is 5.78. The summed E-state index contributed by atoms with van der Waals surface area (Å²) in [5.41, 5.74) is 3.68. The molecule has 0 saturated carbocycles. The summed E-state index contributed by atoms with van der Waals surface area (Å²) in [5, 5.41) is 2.84. The molecule has 0 radical (unpaired) electrons. The molecule has 0 aliphatic carbocycles. The summed E-state index contributed by atoms with van der Waals surface area (Å²) in [7, 11) is 0. The van der Waals surface area contributed by atoms with Crippen molar-refractivity contribution < 1.29 is 9.21 Å². The SMILES string of the molecule is CCN(c1cccc(C)c1)c1cncc(C(=O)NCc2ccco2)c1. The average molecular weight is 335 g/mol. The molecule has 0 fully saturated rings. The number of nitrogens with zero attached hydrogens (tertiary/aromatic N) is 2. The van der Waals surface area contributed by atoms with Crippen LogP contribution in [0.3, 0.4) is 0 Å². The van der Waals surface area contributed by atoms with E-state index in [-0.39, 0.29) is 5.91 Å². The molecule has 128 valence electrons. The first kappa shape index (κ1) is 16.8. The molecule has 3 aromatic rings. The molecule has 0 spiro atoms. The lowest BCUT2D eigenvalue weighted by Gasteiger charge is -2.23. The molecule has 1 aromatic carbocycles. The first-order chi connectivity index (χ1) is 12.2. The van der Waals surface area contributed by atoms with E-state index in [1.165, 1.54) is 5.56 Å². The van der Waals surface area contributed by atoms with Gasteiger partial charge < -0.3 is 14.6 Å². The summed E-state index contributed by atoms with van der Waals surface area (Å²) >= 11 is 0. The van der Waals surface area contributed by atoms with E-state index in [4.69, 9.17) is 4.42 Å². The van der Waals surface area contributed by atoms with E-state index in [1.807, 2.05) is 18.2 Å². The van der Waals surface area contributed by atoms with Crippen molar-refractivity contribution in [2.24, 2.45) is 0 Å². The normalized spacial score (nSPS) is 10.5. The van der Waals surface area contributed by atoms with Gasteiger partial charge in [0, 0.05) is 18.4 Å². The number of nitrogens with one attached hydrogen (secondary N) is 1. The monoisotopic (exact) mass is 335 g/mol. The topological polar surface area (TPSA) is 58.4 Å². The highest BCUT2D eigenvalue weighted by Crippen LogP contribution is 2.25. The smallest absolute Gasteiger partial charge is 0.253 e. The van der Waals surface area contributed by atoms with Gasteiger partial charge in [-0.15, -0.1) is 0 Å². The van der Waals surface area contributed by atoms with Crippen molar-refractivity contribution in [2.75, 3.05) is 11.4 Å². The number of benzene rings is 1. The zero-order valence-electron chi connectivity index (χ0n) is 14.4. The van der Waals surface area contributed by atoms with Crippen LogP contribution < -0.4 is 10.2 Å². The van der Waals surface area contributed by atoms with Gasteiger partial charge >= 0.3 is 0 Å². The van der Waals surface area contributed by atoms with Gasteiger partial charge in [-0.05, 0) is 49.7 Å². The Morgan fingerprint density at radius 2 is 2.04 bits per heavy atom. The molecule has 2 aromatic heterocycles. The zero-order chi connectivity index (χ0) is 17.6. The van der Waals surface area contributed by atoms with Gasteiger partial charge in [-0.25, -0.2) is 0 Å². The number of rotatable bonds is 6. The van der Waals surface area contributed by atoms with Crippen LogP contribution >= 0.6 is 0 Å². The Bertz CT molecular complexity index is 844. The molecule has 5 heteroatoms. The number of hydrogen-bond donors (Lipinski definition) is 1. The van der Waals surface area contributed by atoms with Crippen LogP contribution in [0.1, 0.15) is 28.6 Å². The van der Waals surface area contributed by atoms with Crippen molar-refractivity contribution in [3.8, 4) is 0 Å². The molecule has 3 rings (SSSR count). The maximum absolute atomic E-state index is 12.4. The van der Waals surface area contributed by atoms with Gasteiger partial charge in [0.05, 0.1) is 30.3 Å². The van der Waals surface area contributed by atoms with Gasteiger partial charge in [0.2, 0.25) is 0 Å². The van der Waals surface area contributed by atoms with E-state index in [0.717, 1.165) is 17.9 Å². The summed E-state index contributed by atoms with van der Waals surface area (Å²) in [6.07, 6.45) is 4.94. The van der Waals surface area contributed by atoms with Crippen molar-refractivity contribution in [1.82, 2.24) is 10.3 Å². The minimum absolute atomic E-state index is 0.175. The van der Waals surface area contributed by atoms with E-state index in [2.05, 4.69) is 47.2 Å². The molecular formula is C20H21N3O2. The summed E-state index contributed by atoms with van der Waals surface area (Å²) in [5.74, 6) is 0.540. The number of aryl methyl sites for hydroxylation is 1. The number of hydrogen-bond acceptors (Lipinski definition) is 4. The van der Waals surface area contributed by atoms with Gasteiger partial charge in [0.1, 0.15) is 5.76 Å². The van der Waals surface area contributed by atoms with Gasteiger partial charge in [0.25, 0.3) is 5.91 Å². The molecule has 0 unspecified atom stereocenters. The molecule has 0 atom stereocenters. The lowest BCUT2D eigenvalue weighted by Crippen LogP contribution is -2.23. The van der Waals surface area contributed by atoms with Gasteiger partial charge in [-0.2, -0.15) is 0 Å². The van der Waals surface area contributed by atoms with E-state index < -0.39 is 0 Å². The van der Waals surface area contributed by atoms with Gasteiger partial charge in [0.15, 0.2) is 0 Å². The van der Waals surface area contributed by atoms with E-state index >= 15 is 0 Å². The van der Waals surface area contributed by atoms with Crippen LogP contribution in [0.5, 0.6) is 0 Å². The fourth-order valence-electron chi connectivity index (χ4n) is 2.69. The van der Waals surface area contributed by atoms with Crippen LogP contribution in [0.25, 0.3) is 0 Å². The summed E-state index contributed by atoms with van der Waals surface area (Å²) in [6, 6.07) is 13.7. The second-order valence-electron chi connectivity index (χ2n) is 5.78. The molecule has 25 heavy (non-hydrogen) atoms. The number of carbonyl (C=O) groups excluding carboxylic acids is 1. The highest BCUT2D eigenvalue weighted by atomic mass is 16.3. The van der Waals surface area contributed by atoms with Crippen molar-refractivity contribution in [1.29, 1.82) is 0 Å². The Balaban J connectivity index is 1.78. The summed E-state index contributed by atoms with van der Waals surface area (Å²) in [4.78, 5) is 18.8. The standard InChI is InChI=1S/C20H21N3O2/c1-3-23(17-7-4-6-15(2)10-17)18-11-16(12-21-13-18)20(24)22-14-19-8-5-9-25-19/h4-13H,3,14H2,1-2H3,(H,22,24). The zero-order valence-corrected chi connectivity index (χ0v) is 14.4. The second kappa shape index (κ2) is 7.66. The molecule has 0 aliphatic rings. The first-order valence-electron chi connectivity index (χ1n) is 8.27. The van der Waals surface area contributed by atoms with Crippen LogP contribution in [0.2, 0.25) is 0 Å². The Labute approximate surface area is 147 Å². The molecule has 0 aliphatic heterocycles. The number of aromatic nitrogens is 1. The van der Waals surface area contributed by atoms with Gasteiger partial charge in [-0.3, -0.25) is 9.78 Å². The Morgan fingerprint density at radius 1 is 1.16 bits per heavy atom. The summed E-state index contributed by atoms with van der Waals surface area (Å²) < 4.78 is 5.23. The van der Waals surface area contributed by atoms with Crippen LogP contribution in [-0.2, 0) is 6.54 Å². The predicted molar refractivity (Wildman–Crippen MR) is 98.0 cm³/mol. The van der Waals surface area contributed by atoms with Crippen LogP contribution in [0, 0.1) is 6.92 Å². The largest absolute Gasteiger partial charge is 0.467 e. The van der Waals surface area contributed by atoms with Gasteiger partial charge in [-0.1, -0.05) is 12.1 Å². The molecular weight excluding hydrogens is 314 g/mol. The van der Waals surface area contributed by atoms with Crippen LogP contribution in [-0.4, -0.2) is 17.4 Å². The average Bonchev–Trinajstić information content (AvgIpc) is 3.14. The Morgan fingerprint density at radius 3 is 2.76 bits per heavy atom. The van der Waals surface area contributed by atoms with Crippen molar-refractivity contribution in [3.05, 3.63) is 78.0 Å². The molecule has 0 saturated heterocycles. The number of carbonyl (C=O) groups is 1. The summed E-state index contributed by atoms with van der Waals surface area (Å²) in [6.45, 7) is 5.27. The number of pyridine rings is 1. The minimum atomic E-state index is -0.175. The number of anilines is 2. The van der Waals surface area contributed by atoms with Crippen LogP contribution in [0.15, 0.2) is 65.5 Å². The predicted octanol–water partition coefficient (Wildman–Crippen LogP) is 4.07. The fourth-order valence-corrected chi connectivity index (χ4v) is 2.69. The highest BCUT2D eigenvalue weighted by molar-refractivity contribution is 5.94. The fraction of sp³-hybridized carbons (Fsp3) is 0.200. The van der Waals surface area contributed by atoms with Crippen molar-refractivity contribution in [2.45, 2.75) is 20.4 Å². The van der Waals surface area contributed by atoms with Crippen molar-refractivity contribution >= 4 is 17.3 Å². The third-order valence-electron chi connectivity index (χ3n) is 3.93. The molecule has 0 bridgehead atoms. The molecule has 2 heterocycles. The molecule has 1 amide bonds. The van der Waals surface area contributed by atoms with E-state index in [1.54, 1.807) is 24.7 Å². The molecule has 5 nitrogen and oxygen atoms in total. The van der Waals surface area contributed by atoms with Crippen molar-refractivity contribution in [3.63, 3.8) is 0 Å². The maximum Gasteiger partial charge on any atom is 0.253 e. The number of amides is 1. The Hall–Kier alpha value is -3.08. The van der Waals surface area contributed by atoms with Crippen LogP contribution in [0.4, 0.5) is 11.4 Å². The van der Waals surface area contributed by atoms with E-state index in [0.29, 0.717) is 17.9 Å². The Kier molecular flexibility index (Phi) is 5.14. The lowest BCUT2D eigenvalue weighted by atomic mass is 10.2. The molecule has 1 N–H and O–H groups in total. The lowest BCUT2D eigenvalue weighted by molar-refractivity contribution is 0.0947.